The zero-order valence-electron chi connectivity index (χ0n) is 12.3. The molecule has 1 N–H and O–H groups in total. The van der Waals surface area contributed by atoms with Crippen molar-refractivity contribution in [2.24, 2.45) is 0 Å². The smallest absolute Gasteiger partial charge is 0.223 e. The van der Waals surface area contributed by atoms with Crippen molar-refractivity contribution in [2.75, 3.05) is 38.7 Å². The topological polar surface area (TPSA) is 65.4 Å². The second kappa shape index (κ2) is 7.65. The van der Waals surface area contributed by atoms with Crippen LogP contribution in [0.25, 0.3) is 0 Å². The number of methoxy groups -OCH3 is 1. The lowest BCUT2D eigenvalue weighted by atomic mass is 9.97. The number of benzene rings is 1. The first kappa shape index (κ1) is 15.3. The van der Waals surface area contributed by atoms with Crippen molar-refractivity contribution in [3.63, 3.8) is 0 Å². The maximum atomic E-state index is 12.5. The quantitative estimate of drug-likeness (QED) is 0.832. The molecule has 0 bridgehead atoms. The molecule has 0 spiro atoms. The summed E-state index contributed by atoms with van der Waals surface area (Å²) in [6, 6.07) is 10.2. The fraction of sp³-hybridized carbons (Fsp3) is 0.500. The van der Waals surface area contributed by atoms with Crippen molar-refractivity contribution in [3.05, 3.63) is 29.8 Å². The number of anilines is 1. The first-order valence-electron chi connectivity index (χ1n) is 7.22. The summed E-state index contributed by atoms with van der Waals surface area (Å²) in [7, 11) is 1.62. The number of nitriles is 1. The molecule has 0 aliphatic carbocycles. The average Bonchev–Trinajstić information content (AvgIpc) is 2.91. The van der Waals surface area contributed by atoms with Crippen molar-refractivity contribution in [2.45, 2.75) is 18.8 Å². The van der Waals surface area contributed by atoms with Crippen LogP contribution in [0, 0.1) is 11.3 Å². The lowest BCUT2D eigenvalue weighted by Gasteiger charge is -2.23. The van der Waals surface area contributed by atoms with Crippen LogP contribution < -0.4 is 5.32 Å². The number of amides is 1. The van der Waals surface area contributed by atoms with Crippen LogP contribution in [0.2, 0.25) is 0 Å². The van der Waals surface area contributed by atoms with E-state index in [0.717, 1.165) is 12.2 Å². The molecular formula is C16H21N3O2. The van der Waals surface area contributed by atoms with Gasteiger partial charge < -0.3 is 15.0 Å². The minimum absolute atomic E-state index is 0.0887. The molecule has 0 saturated carbocycles. The Morgan fingerprint density at radius 2 is 2.29 bits per heavy atom. The van der Waals surface area contributed by atoms with Gasteiger partial charge in [0.15, 0.2) is 0 Å². The van der Waals surface area contributed by atoms with Crippen LogP contribution in [0.4, 0.5) is 5.69 Å². The fourth-order valence-electron chi connectivity index (χ4n) is 2.63. The summed E-state index contributed by atoms with van der Waals surface area (Å²) >= 11 is 0. The molecule has 2 rings (SSSR count). The Balaban J connectivity index is 1.97. The minimum Gasteiger partial charge on any atom is -0.384 e. The highest BCUT2D eigenvalue weighted by molar-refractivity contribution is 5.78. The number of para-hydroxylation sites is 1. The summed E-state index contributed by atoms with van der Waals surface area (Å²) in [5, 5.41) is 12.0. The Morgan fingerprint density at radius 1 is 1.48 bits per heavy atom. The van der Waals surface area contributed by atoms with Crippen molar-refractivity contribution in [3.8, 4) is 6.07 Å². The molecule has 0 fully saturated rings. The van der Waals surface area contributed by atoms with Crippen LogP contribution in [-0.2, 0) is 9.53 Å². The number of ether oxygens (including phenoxy) is 1. The van der Waals surface area contributed by atoms with Gasteiger partial charge in [-0.15, -0.1) is 0 Å². The first-order chi connectivity index (χ1) is 10.3. The largest absolute Gasteiger partial charge is 0.384 e. The third-order valence-electron chi connectivity index (χ3n) is 3.77. The van der Waals surface area contributed by atoms with Gasteiger partial charge in [-0.05, 0) is 11.6 Å². The highest BCUT2D eigenvalue weighted by Gasteiger charge is 2.26. The van der Waals surface area contributed by atoms with Gasteiger partial charge in [-0.2, -0.15) is 5.26 Å². The first-order valence-corrected chi connectivity index (χ1v) is 7.22. The third kappa shape index (κ3) is 3.96. The number of nitrogens with zero attached hydrogens (tertiary/aromatic N) is 2. The molecule has 1 aliphatic heterocycles. The van der Waals surface area contributed by atoms with Gasteiger partial charge in [-0.1, -0.05) is 18.2 Å². The van der Waals surface area contributed by atoms with Crippen LogP contribution >= 0.6 is 0 Å². The summed E-state index contributed by atoms with van der Waals surface area (Å²) in [6.07, 6.45) is 0.827. The summed E-state index contributed by atoms with van der Waals surface area (Å²) in [4.78, 5) is 14.2. The van der Waals surface area contributed by atoms with Gasteiger partial charge >= 0.3 is 0 Å². The second-order valence-corrected chi connectivity index (χ2v) is 5.15. The molecular weight excluding hydrogens is 266 g/mol. The van der Waals surface area contributed by atoms with E-state index < -0.39 is 0 Å². The monoisotopic (exact) mass is 287 g/mol. The Hall–Kier alpha value is -2.06. The number of hydrogen-bond acceptors (Lipinski definition) is 4. The van der Waals surface area contributed by atoms with Crippen molar-refractivity contribution >= 4 is 11.6 Å². The summed E-state index contributed by atoms with van der Waals surface area (Å²) < 4.78 is 5.04. The van der Waals surface area contributed by atoms with E-state index in [2.05, 4.69) is 17.5 Å². The highest BCUT2D eigenvalue weighted by Crippen LogP contribution is 2.33. The molecule has 1 aliphatic rings. The maximum Gasteiger partial charge on any atom is 0.223 e. The van der Waals surface area contributed by atoms with Gasteiger partial charge in [-0.25, -0.2) is 0 Å². The molecule has 1 aromatic carbocycles. The number of rotatable bonds is 7. The Kier molecular flexibility index (Phi) is 5.59. The molecule has 0 radical (unpaired) electrons. The molecule has 0 saturated heterocycles. The average molecular weight is 287 g/mol. The van der Waals surface area contributed by atoms with Gasteiger partial charge in [0.25, 0.3) is 0 Å². The summed E-state index contributed by atoms with van der Waals surface area (Å²) in [5.41, 5.74) is 2.33. The zero-order chi connectivity index (χ0) is 15.1. The van der Waals surface area contributed by atoms with Gasteiger partial charge in [-0.3, -0.25) is 4.79 Å². The number of nitrogens with one attached hydrogen (secondary N) is 1. The van der Waals surface area contributed by atoms with Gasteiger partial charge in [0.1, 0.15) is 0 Å². The van der Waals surface area contributed by atoms with Crippen LogP contribution in [0.15, 0.2) is 24.3 Å². The van der Waals surface area contributed by atoms with E-state index in [1.807, 2.05) is 18.2 Å². The number of fused-ring (bicyclic) bond motifs is 1. The predicted molar refractivity (Wildman–Crippen MR) is 81.0 cm³/mol. The predicted octanol–water partition coefficient (Wildman–Crippen LogP) is 1.97. The van der Waals surface area contributed by atoms with E-state index in [1.165, 1.54) is 5.56 Å². The van der Waals surface area contributed by atoms with E-state index >= 15 is 0 Å². The SMILES string of the molecule is COCCN(CCC#N)C(=O)CC1CNc2ccccc21. The molecule has 112 valence electrons. The molecule has 5 heteroatoms. The van der Waals surface area contributed by atoms with Gasteiger partial charge in [0.05, 0.1) is 19.1 Å². The standard InChI is InChI=1S/C16H21N3O2/c1-21-10-9-19(8-4-7-17)16(20)11-13-12-18-15-6-3-2-5-14(13)15/h2-3,5-6,13,18H,4,8-12H2,1H3. The van der Waals surface area contributed by atoms with Crippen molar-refractivity contribution < 1.29 is 9.53 Å². The van der Waals surface area contributed by atoms with Gasteiger partial charge in [0, 0.05) is 44.8 Å². The Bertz CT molecular complexity index is 524. The molecule has 1 unspecified atom stereocenters. The van der Waals surface area contributed by atoms with Crippen LogP contribution in [0.5, 0.6) is 0 Å². The number of carbonyl (C=O) groups excluding carboxylic acids is 1. The number of hydrogen-bond donors (Lipinski definition) is 1. The van der Waals surface area contributed by atoms with Crippen molar-refractivity contribution in [1.29, 1.82) is 5.26 Å². The molecule has 0 aromatic heterocycles. The van der Waals surface area contributed by atoms with Crippen LogP contribution in [0.3, 0.4) is 0 Å². The molecule has 5 nitrogen and oxygen atoms in total. The fourth-order valence-corrected chi connectivity index (χ4v) is 2.63. The van der Waals surface area contributed by atoms with Crippen LogP contribution in [-0.4, -0.2) is 44.2 Å². The van der Waals surface area contributed by atoms with E-state index in [1.54, 1.807) is 12.0 Å². The van der Waals surface area contributed by atoms with E-state index in [-0.39, 0.29) is 11.8 Å². The minimum atomic E-state index is 0.0887. The molecule has 1 heterocycles. The van der Waals surface area contributed by atoms with E-state index in [9.17, 15) is 4.79 Å². The summed E-state index contributed by atoms with van der Waals surface area (Å²) in [6.45, 7) is 2.30. The van der Waals surface area contributed by atoms with Gasteiger partial charge in [0.2, 0.25) is 5.91 Å². The molecule has 1 amide bonds. The van der Waals surface area contributed by atoms with Crippen LogP contribution in [0.1, 0.15) is 24.3 Å². The van der Waals surface area contributed by atoms with E-state index in [0.29, 0.717) is 32.5 Å². The Labute approximate surface area is 125 Å². The molecule has 1 aromatic rings. The number of carbonyl (C=O) groups is 1. The third-order valence-corrected chi connectivity index (χ3v) is 3.77. The normalized spacial score (nSPS) is 15.9. The molecule has 21 heavy (non-hydrogen) atoms. The maximum absolute atomic E-state index is 12.5. The lowest BCUT2D eigenvalue weighted by molar-refractivity contribution is -0.132. The zero-order valence-corrected chi connectivity index (χ0v) is 12.3. The summed E-state index contributed by atoms with van der Waals surface area (Å²) in [5.74, 6) is 0.298. The Morgan fingerprint density at radius 3 is 3.05 bits per heavy atom. The van der Waals surface area contributed by atoms with E-state index in [4.69, 9.17) is 10.00 Å². The van der Waals surface area contributed by atoms with Crippen molar-refractivity contribution in [1.82, 2.24) is 4.90 Å². The highest BCUT2D eigenvalue weighted by atomic mass is 16.5. The molecule has 1 atom stereocenters. The lowest BCUT2D eigenvalue weighted by Crippen LogP contribution is -2.35. The second-order valence-electron chi connectivity index (χ2n) is 5.15.